The molecular formula is C30H39FN2O5. The molecule has 1 N–H and O–H groups in total. The van der Waals surface area contributed by atoms with Crippen molar-refractivity contribution in [1.82, 2.24) is 9.80 Å². The Hall–Kier alpha value is -3.39. The summed E-state index contributed by atoms with van der Waals surface area (Å²) >= 11 is 0. The molecule has 2 aromatic rings. The molecule has 0 radical (unpaired) electrons. The Morgan fingerprint density at radius 2 is 1.68 bits per heavy atom. The smallest absolute Gasteiger partial charge is 0.295 e. The molecule has 0 aliphatic carbocycles. The van der Waals surface area contributed by atoms with E-state index in [0.717, 1.165) is 32.5 Å². The van der Waals surface area contributed by atoms with Gasteiger partial charge in [0.15, 0.2) is 11.5 Å². The van der Waals surface area contributed by atoms with Gasteiger partial charge in [-0.2, -0.15) is 0 Å². The van der Waals surface area contributed by atoms with Gasteiger partial charge in [-0.3, -0.25) is 9.59 Å². The van der Waals surface area contributed by atoms with Crippen LogP contribution in [0.15, 0.2) is 48.0 Å². The number of halogens is 1. The Bertz CT molecular complexity index is 1130. The second-order valence-electron chi connectivity index (χ2n) is 9.22. The van der Waals surface area contributed by atoms with E-state index in [9.17, 15) is 19.1 Å². The molecule has 1 heterocycles. The van der Waals surface area contributed by atoms with Gasteiger partial charge >= 0.3 is 0 Å². The van der Waals surface area contributed by atoms with Crippen molar-refractivity contribution in [2.75, 3.05) is 39.4 Å². The molecule has 1 saturated heterocycles. The lowest BCUT2D eigenvalue weighted by atomic mass is 9.95. The molecular weight excluding hydrogens is 487 g/mol. The highest BCUT2D eigenvalue weighted by atomic mass is 19.1. The molecule has 1 fully saturated rings. The lowest BCUT2D eigenvalue weighted by Gasteiger charge is -2.27. The quantitative estimate of drug-likeness (QED) is 0.150. The number of aliphatic hydroxyl groups excluding tert-OH is 1. The van der Waals surface area contributed by atoms with Crippen molar-refractivity contribution in [2.24, 2.45) is 0 Å². The van der Waals surface area contributed by atoms with Crippen molar-refractivity contribution in [3.05, 3.63) is 65.0 Å². The molecule has 1 amide bonds. The Labute approximate surface area is 224 Å². The number of hydrogen-bond acceptors (Lipinski definition) is 6. The van der Waals surface area contributed by atoms with Crippen LogP contribution in [0.3, 0.4) is 0 Å². The van der Waals surface area contributed by atoms with Crippen molar-refractivity contribution in [2.45, 2.75) is 53.0 Å². The number of carbonyl (C=O) groups excluding carboxylic acids is 2. The Kier molecular flexibility index (Phi) is 10.7. The van der Waals surface area contributed by atoms with Gasteiger partial charge in [-0.1, -0.05) is 33.3 Å². The number of ketones is 1. The maximum atomic E-state index is 13.5. The van der Waals surface area contributed by atoms with Gasteiger partial charge in [-0.05, 0) is 81.4 Å². The predicted molar refractivity (Wildman–Crippen MR) is 146 cm³/mol. The summed E-state index contributed by atoms with van der Waals surface area (Å²) in [6.07, 6.45) is 2.56. The van der Waals surface area contributed by atoms with Crippen LogP contribution in [0.25, 0.3) is 5.76 Å². The first-order valence-corrected chi connectivity index (χ1v) is 13.5. The summed E-state index contributed by atoms with van der Waals surface area (Å²) in [5.41, 5.74) is 0.871. The SMILES string of the molecule is CCCCOc1ccc(C2/C(=C(\O)c3ccc(F)cc3)C(=O)C(=O)N2CCCN(CC)CC)cc1OCC. The fraction of sp³-hybridized carbons (Fsp3) is 0.467. The molecule has 3 rings (SSSR count). The third-order valence-corrected chi connectivity index (χ3v) is 6.76. The van der Waals surface area contributed by atoms with E-state index in [1.54, 1.807) is 18.2 Å². The van der Waals surface area contributed by atoms with Crippen LogP contribution >= 0.6 is 0 Å². The van der Waals surface area contributed by atoms with Crippen molar-refractivity contribution < 1.29 is 28.6 Å². The number of benzene rings is 2. The predicted octanol–water partition coefficient (Wildman–Crippen LogP) is 5.56. The minimum Gasteiger partial charge on any atom is -0.507 e. The molecule has 1 unspecified atom stereocenters. The maximum absolute atomic E-state index is 13.5. The number of unbranched alkanes of at least 4 members (excludes halogenated alkanes) is 1. The minimum atomic E-state index is -0.819. The second-order valence-corrected chi connectivity index (χ2v) is 9.22. The minimum absolute atomic E-state index is 0.0217. The first-order valence-electron chi connectivity index (χ1n) is 13.5. The average molecular weight is 527 g/mol. The van der Waals surface area contributed by atoms with E-state index >= 15 is 0 Å². The molecule has 0 bridgehead atoms. The van der Waals surface area contributed by atoms with E-state index < -0.39 is 23.5 Å². The number of aliphatic hydroxyl groups is 1. The number of carbonyl (C=O) groups is 2. The van der Waals surface area contributed by atoms with Gasteiger partial charge in [0.2, 0.25) is 0 Å². The first-order chi connectivity index (χ1) is 18.4. The number of rotatable bonds is 14. The normalized spacial score (nSPS) is 16.9. The van der Waals surface area contributed by atoms with Gasteiger partial charge < -0.3 is 24.4 Å². The Balaban J connectivity index is 2.07. The molecule has 206 valence electrons. The summed E-state index contributed by atoms with van der Waals surface area (Å²) in [5.74, 6) is -1.13. The fourth-order valence-electron chi connectivity index (χ4n) is 4.63. The van der Waals surface area contributed by atoms with Crippen molar-refractivity contribution >= 4 is 17.4 Å². The van der Waals surface area contributed by atoms with Gasteiger partial charge in [-0.25, -0.2) is 4.39 Å². The molecule has 7 nitrogen and oxygen atoms in total. The lowest BCUT2D eigenvalue weighted by molar-refractivity contribution is -0.140. The van der Waals surface area contributed by atoms with Gasteiger partial charge in [-0.15, -0.1) is 0 Å². The second kappa shape index (κ2) is 14.0. The zero-order chi connectivity index (χ0) is 27.7. The molecule has 38 heavy (non-hydrogen) atoms. The third kappa shape index (κ3) is 6.72. The number of ether oxygens (including phenoxy) is 2. The number of hydrogen-bond donors (Lipinski definition) is 1. The Morgan fingerprint density at radius 1 is 0.974 bits per heavy atom. The average Bonchev–Trinajstić information content (AvgIpc) is 3.17. The molecule has 1 aliphatic rings. The summed E-state index contributed by atoms with van der Waals surface area (Å²) in [6.45, 7) is 12.0. The van der Waals surface area contributed by atoms with Crippen molar-refractivity contribution in [1.29, 1.82) is 0 Å². The molecule has 8 heteroatoms. The standard InChI is InChI=1S/C30H39FN2O5/c1-5-9-19-38-24-16-13-22(20-25(24)37-8-4)27-26(28(34)21-11-14-23(31)15-12-21)29(35)30(36)33(27)18-10-17-32(6-2)7-3/h11-16,20,27,34H,5-10,17-19H2,1-4H3/b28-26+. The summed E-state index contributed by atoms with van der Waals surface area (Å²) in [5, 5.41) is 11.2. The van der Waals surface area contributed by atoms with Gasteiger partial charge in [0.1, 0.15) is 11.6 Å². The first kappa shape index (κ1) is 29.2. The topological polar surface area (TPSA) is 79.3 Å². The van der Waals surface area contributed by atoms with Crippen LogP contribution < -0.4 is 9.47 Å². The van der Waals surface area contributed by atoms with Crippen LogP contribution in [-0.2, 0) is 9.59 Å². The highest BCUT2D eigenvalue weighted by molar-refractivity contribution is 6.46. The molecule has 0 spiro atoms. The van der Waals surface area contributed by atoms with Crippen molar-refractivity contribution in [3.63, 3.8) is 0 Å². The van der Waals surface area contributed by atoms with Crippen LogP contribution in [-0.4, -0.2) is 66.0 Å². The van der Waals surface area contributed by atoms with Gasteiger partial charge in [0, 0.05) is 12.1 Å². The van der Waals surface area contributed by atoms with E-state index in [-0.39, 0.29) is 16.9 Å². The van der Waals surface area contributed by atoms with Crippen LogP contribution in [0.4, 0.5) is 4.39 Å². The van der Waals surface area contributed by atoms with E-state index in [1.807, 2.05) is 6.92 Å². The summed E-state index contributed by atoms with van der Waals surface area (Å²) in [4.78, 5) is 30.3. The monoisotopic (exact) mass is 526 g/mol. The van der Waals surface area contributed by atoms with E-state index in [2.05, 4.69) is 25.7 Å². The van der Waals surface area contributed by atoms with Crippen molar-refractivity contribution in [3.8, 4) is 11.5 Å². The van der Waals surface area contributed by atoms with Crippen LogP contribution in [0.5, 0.6) is 11.5 Å². The molecule has 0 aromatic heterocycles. The highest BCUT2D eigenvalue weighted by Gasteiger charge is 2.46. The van der Waals surface area contributed by atoms with E-state index in [0.29, 0.717) is 43.2 Å². The maximum Gasteiger partial charge on any atom is 0.295 e. The molecule has 1 atom stereocenters. The zero-order valence-corrected chi connectivity index (χ0v) is 22.8. The van der Waals surface area contributed by atoms with Gasteiger partial charge in [0.05, 0.1) is 24.8 Å². The molecule has 2 aromatic carbocycles. The zero-order valence-electron chi connectivity index (χ0n) is 22.8. The third-order valence-electron chi connectivity index (χ3n) is 6.76. The summed E-state index contributed by atoms with van der Waals surface area (Å²) in [6, 6.07) is 9.74. The number of likely N-dealkylation sites (tertiary alicyclic amines) is 1. The summed E-state index contributed by atoms with van der Waals surface area (Å²) < 4.78 is 25.3. The Morgan fingerprint density at radius 3 is 2.32 bits per heavy atom. The summed E-state index contributed by atoms with van der Waals surface area (Å²) in [7, 11) is 0. The van der Waals surface area contributed by atoms with Crippen LogP contribution in [0.1, 0.15) is 64.1 Å². The van der Waals surface area contributed by atoms with Gasteiger partial charge in [0.25, 0.3) is 11.7 Å². The van der Waals surface area contributed by atoms with E-state index in [1.165, 1.54) is 29.2 Å². The van der Waals surface area contributed by atoms with E-state index in [4.69, 9.17) is 9.47 Å². The molecule has 1 aliphatic heterocycles. The lowest BCUT2D eigenvalue weighted by Crippen LogP contribution is -2.33. The largest absolute Gasteiger partial charge is 0.507 e. The number of amides is 1. The highest BCUT2D eigenvalue weighted by Crippen LogP contribution is 2.42. The number of Topliss-reactive ketones (excluding diaryl/α,β-unsaturated/α-hetero) is 1. The fourth-order valence-corrected chi connectivity index (χ4v) is 4.63. The van der Waals surface area contributed by atoms with Crippen LogP contribution in [0.2, 0.25) is 0 Å². The van der Waals surface area contributed by atoms with Crippen LogP contribution in [0, 0.1) is 5.82 Å². The molecule has 0 saturated carbocycles. The number of nitrogens with zero attached hydrogens (tertiary/aromatic N) is 2.